The third-order valence-corrected chi connectivity index (χ3v) is 3.26. The molecule has 0 radical (unpaired) electrons. The van der Waals surface area contributed by atoms with E-state index in [1.165, 1.54) is 0 Å². The van der Waals surface area contributed by atoms with Crippen molar-refractivity contribution in [1.29, 1.82) is 0 Å². The van der Waals surface area contributed by atoms with Crippen LogP contribution in [0.1, 0.15) is 29.8 Å². The molecule has 0 saturated heterocycles. The van der Waals surface area contributed by atoms with Crippen molar-refractivity contribution in [3.63, 3.8) is 0 Å². The van der Waals surface area contributed by atoms with Gasteiger partial charge in [-0.15, -0.1) is 0 Å². The van der Waals surface area contributed by atoms with Crippen LogP contribution in [0.15, 0.2) is 54.6 Å². The molecule has 3 nitrogen and oxygen atoms in total. The third kappa shape index (κ3) is 3.06. The van der Waals surface area contributed by atoms with Crippen molar-refractivity contribution < 1.29 is 9.90 Å². The fraction of sp³-hybridized carbons (Fsp3) is 0.235. The van der Waals surface area contributed by atoms with Crippen LogP contribution in [0.2, 0.25) is 0 Å². The van der Waals surface area contributed by atoms with Gasteiger partial charge in [0, 0.05) is 18.3 Å². The first-order valence-electron chi connectivity index (χ1n) is 6.55. The summed E-state index contributed by atoms with van der Waals surface area (Å²) in [6.07, 6.45) is 0. The van der Waals surface area contributed by atoms with Crippen molar-refractivity contribution >= 4 is 11.6 Å². The molecule has 0 unspecified atom stereocenters. The van der Waals surface area contributed by atoms with E-state index in [2.05, 4.69) is 0 Å². The normalized spacial score (nSPS) is 11.2. The lowest BCUT2D eigenvalue weighted by molar-refractivity contribution is 0.0785. The van der Waals surface area contributed by atoms with Gasteiger partial charge in [-0.3, -0.25) is 4.79 Å². The van der Waals surface area contributed by atoms with Gasteiger partial charge in [0.05, 0.1) is 5.60 Å². The zero-order chi connectivity index (χ0) is 14.8. The number of aliphatic hydroxyl groups is 1. The second-order valence-corrected chi connectivity index (χ2v) is 5.34. The number of amides is 1. The Morgan fingerprint density at radius 2 is 1.70 bits per heavy atom. The van der Waals surface area contributed by atoms with E-state index in [9.17, 15) is 9.90 Å². The van der Waals surface area contributed by atoms with Crippen molar-refractivity contribution in [1.82, 2.24) is 0 Å². The second-order valence-electron chi connectivity index (χ2n) is 5.34. The summed E-state index contributed by atoms with van der Waals surface area (Å²) in [7, 11) is 1.74. The van der Waals surface area contributed by atoms with E-state index in [4.69, 9.17) is 0 Å². The number of nitrogens with zero attached hydrogens (tertiary/aromatic N) is 1. The van der Waals surface area contributed by atoms with Crippen LogP contribution in [0.5, 0.6) is 0 Å². The van der Waals surface area contributed by atoms with Crippen LogP contribution in [0, 0.1) is 0 Å². The highest BCUT2D eigenvalue weighted by Gasteiger charge is 2.19. The lowest BCUT2D eigenvalue weighted by atomic mass is 9.96. The highest BCUT2D eigenvalue weighted by molar-refractivity contribution is 6.05. The van der Waals surface area contributed by atoms with Crippen LogP contribution in [0.25, 0.3) is 0 Å². The summed E-state index contributed by atoms with van der Waals surface area (Å²) in [6.45, 7) is 3.41. The van der Waals surface area contributed by atoms with Crippen LogP contribution in [-0.2, 0) is 5.60 Å². The molecular weight excluding hydrogens is 250 g/mol. The number of hydrogen-bond acceptors (Lipinski definition) is 2. The van der Waals surface area contributed by atoms with Crippen LogP contribution in [0.3, 0.4) is 0 Å². The van der Waals surface area contributed by atoms with Gasteiger partial charge in [-0.1, -0.05) is 30.3 Å². The minimum absolute atomic E-state index is 0.0951. The molecule has 0 heterocycles. The molecule has 2 aromatic rings. The summed E-state index contributed by atoms with van der Waals surface area (Å²) in [5, 5.41) is 10.0. The largest absolute Gasteiger partial charge is 0.386 e. The van der Waals surface area contributed by atoms with E-state index in [1.54, 1.807) is 44.0 Å². The van der Waals surface area contributed by atoms with Crippen molar-refractivity contribution in [2.45, 2.75) is 19.4 Å². The minimum atomic E-state index is -0.957. The number of rotatable bonds is 3. The Bertz CT molecular complexity index is 600. The first-order chi connectivity index (χ1) is 9.39. The van der Waals surface area contributed by atoms with Gasteiger partial charge >= 0.3 is 0 Å². The molecule has 2 aromatic carbocycles. The van der Waals surface area contributed by atoms with Gasteiger partial charge < -0.3 is 10.0 Å². The average molecular weight is 269 g/mol. The van der Waals surface area contributed by atoms with Crippen LogP contribution >= 0.6 is 0 Å². The smallest absolute Gasteiger partial charge is 0.258 e. The molecule has 0 aliphatic heterocycles. The molecule has 0 bridgehead atoms. The van der Waals surface area contributed by atoms with E-state index < -0.39 is 5.60 Å². The maximum absolute atomic E-state index is 12.5. The van der Waals surface area contributed by atoms with E-state index in [0.717, 1.165) is 11.3 Å². The quantitative estimate of drug-likeness (QED) is 0.929. The topological polar surface area (TPSA) is 40.5 Å². The van der Waals surface area contributed by atoms with Gasteiger partial charge in [0.25, 0.3) is 5.91 Å². The summed E-state index contributed by atoms with van der Waals surface area (Å²) in [5.41, 5.74) is 1.17. The van der Waals surface area contributed by atoms with Crippen molar-refractivity contribution in [2.24, 2.45) is 0 Å². The summed E-state index contributed by atoms with van der Waals surface area (Å²) in [4.78, 5) is 14.1. The van der Waals surface area contributed by atoms with Gasteiger partial charge in [-0.05, 0) is 43.7 Å². The molecular formula is C17H19NO2. The number of anilines is 1. The molecule has 0 aliphatic carbocycles. The molecule has 0 saturated carbocycles. The fourth-order valence-corrected chi connectivity index (χ4v) is 2.00. The summed E-state index contributed by atoms with van der Waals surface area (Å²) in [5.74, 6) is -0.0951. The molecule has 3 heteroatoms. The fourth-order valence-electron chi connectivity index (χ4n) is 2.00. The van der Waals surface area contributed by atoms with Gasteiger partial charge in [-0.2, -0.15) is 0 Å². The summed E-state index contributed by atoms with van der Waals surface area (Å²) >= 11 is 0. The first-order valence-corrected chi connectivity index (χ1v) is 6.55. The molecule has 104 valence electrons. The minimum Gasteiger partial charge on any atom is -0.386 e. The van der Waals surface area contributed by atoms with E-state index >= 15 is 0 Å². The maximum atomic E-state index is 12.5. The zero-order valence-electron chi connectivity index (χ0n) is 12.0. The molecule has 0 aliphatic rings. The van der Waals surface area contributed by atoms with Crippen LogP contribution < -0.4 is 4.90 Å². The number of carbonyl (C=O) groups excluding carboxylic acids is 1. The molecule has 0 fully saturated rings. The predicted molar refractivity (Wildman–Crippen MR) is 80.9 cm³/mol. The number of hydrogen-bond donors (Lipinski definition) is 1. The van der Waals surface area contributed by atoms with Crippen molar-refractivity contribution in [3.05, 3.63) is 65.7 Å². The Morgan fingerprint density at radius 3 is 2.30 bits per heavy atom. The number of carbonyl (C=O) groups is 1. The Balaban J connectivity index is 2.30. The van der Waals surface area contributed by atoms with E-state index in [0.29, 0.717) is 5.56 Å². The Kier molecular flexibility index (Phi) is 3.91. The third-order valence-electron chi connectivity index (χ3n) is 3.26. The van der Waals surface area contributed by atoms with Crippen LogP contribution in [0.4, 0.5) is 5.69 Å². The predicted octanol–water partition coefficient (Wildman–Crippen LogP) is 3.19. The molecule has 1 amide bonds. The molecule has 0 spiro atoms. The first kappa shape index (κ1) is 14.3. The molecule has 1 N–H and O–H groups in total. The molecule has 2 rings (SSSR count). The van der Waals surface area contributed by atoms with Gasteiger partial charge in [0.15, 0.2) is 0 Å². The summed E-state index contributed by atoms with van der Waals surface area (Å²) < 4.78 is 0. The molecule has 0 atom stereocenters. The Morgan fingerprint density at radius 1 is 1.05 bits per heavy atom. The van der Waals surface area contributed by atoms with Gasteiger partial charge in [0.1, 0.15) is 0 Å². The SMILES string of the molecule is CN(C(=O)c1cccc(C(C)(C)O)c1)c1ccccc1. The van der Waals surface area contributed by atoms with Crippen molar-refractivity contribution in [2.75, 3.05) is 11.9 Å². The monoisotopic (exact) mass is 269 g/mol. The average Bonchev–Trinajstić information content (AvgIpc) is 2.46. The second kappa shape index (κ2) is 5.47. The lowest BCUT2D eigenvalue weighted by Crippen LogP contribution is -2.26. The molecule has 20 heavy (non-hydrogen) atoms. The van der Waals surface area contributed by atoms with Gasteiger partial charge in [0.2, 0.25) is 0 Å². The highest BCUT2D eigenvalue weighted by atomic mass is 16.3. The Hall–Kier alpha value is -2.13. The number of para-hydroxylation sites is 1. The standard InChI is InChI=1S/C17H19NO2/c1-17(2,20)14-9-7-8-13(12-14)16(19)18(3)15-10-5-4-6-11-15/h4-12,20H,1-3H3. The van der Waals surface area contributed by atoms with Crippen LogP contribution in [-0.4, -0.2) is 18.1 Å². The highest BCUT2D eigenvalue weighted by Crippen LogP contribution is 2.22. The van der Waals surface area contributed by atoms with E-state index in [-0.39, 0.29) is 5.91 Å². The van der Waals surface area contributed by atoms with E-state index in [1.807, 2.05) is 36.4 Å². The van der Waals surface area contributed by atoms with Crippen molar-refractivity contribution in [3.8, 4) is 0 Å². The Labute approximate surface area is 119 Å². The zero-order valence-corrected chi connectivity index (χ0v) is 12.0. The lowest BCUT2D eigenvalue weighted by Gasteiger charge is -2.21. The molecule has 0 aromatic heterocycles. The van der Waals surface area contributed by atoms with Gasteiger partial charge in [-0.25, -0.2) is 0 Å². The maximum Gasteiger partial charge on any atom is 0.258 e. The summed E-state index contributed by atoms with van der Waals surface area (Å²) in [6, 6.07) is 16.6. The number of benzene rings is 2.